The molecule has 0 spiro atoms. The molecule has 0 unspecified atom stereocenters. The lowest BCUT2D eigenvalue weighted by Crippen LogP contribution is -2.14. The van der Waals surface area contributed by atoms with Gasteiger partial charge in [-0.25, -0.2) is 4.39 Å². The van der Waals surface area contributed by atoms with E-state index in [1.807, 2.05) is 31.1 Å². The van der Waals surface area contributed by atoms with Gasteiger partial charge in [0.2, 0.25) is 0 Å². The van der Waals surface area contributed by atoms with Crippen LogP contribution >= 0.6 is 15.9 Å². The Morgan fingerprint density at radius 2 is 1.95 bits per heavy atom. The lowest BCUT2D eigenvalue weighted by atomic mass is 10.1. The highest BCUT2D eigenvalue weighted by atomic mass is 79.9. The largest absolute Gasteiger partial charge is 0.378 e. The van der Waals surface area contributed by atoms with Gasteiger partial charge < -0.3 is 10.2 Å². The predicted molar refractivity (Wildman–Crippen MR) is 82.8 cm³/mol. The Morgan fingerprint density at radius 1 is 1.20 bits per heavy atom. The molecule has 0 bridgehead atoms. The van der Waals surface area contributed by atoms with Gasteiger partial charge in [-0.1, -0.05) is 6.07 Å². The fraction of sp³-hybridized carbons (Fsp3) is 0.133. The number of carbonyl (C=O) groups excluding carboxylic acids is 1. The standard InChI is InChI=1S/C15H14BrFN2O/c1-19(2)12-5-3-4-10(8-12)15(20)18-14-7-6-11(17)9-13(14)16/h3-9H,1-2H3,(H,18,20). The Kier molecular flexibility index (Phi) is 4.39. The molecular formula is C15H14BrFN2O. The fourth-order valence-corrected chi connectivity index (χ4v) is 2.16. The molecule has 0 aromatic heterocycles. The molecule has 0 fully saturated rings. The molecule has 2 aromatic rings. The first-order valence-corrected chi connectivity index (χ1v) is 6.80. The third-order valence-corrected chi connectivity index (χ3v) is 3.46. The predicted octanol–water partition coefficient (Wildman–Crippen LogP) is 3.91. The molecular weight excluding hydrogens is 323 g/mol. The second kappa shape index (κ2) is 6.05. The molecule has 5 heteroatoms. The Hall–Kier alpha value is -1.88. The molecule has 0 aliphatic heterocycles. The van der Waals surface area contributed by atoms with Crippen LogP contribution in [0.25, 0.3) is 0 Å². The highest BCUT2D eigenvalue weighted by Crippen LogP contribution is 2.24. The Balaban J connectivity index is 2.21. The second-order valence-corrected chi connectivity index (χ2v) is 5.38. The number of hydrogen-bond donors (Lipinski definition) is 1. The number of halogens is 2. The summed E-state index contributed by atoms with van der Waals surface area (Å²) in [6.45, 7) is 0. The zero-order valence-electron chi connectivity index (χ0n) is 11.2. The minimum atomic E-state index is -0.357. The van der Waals surface area contributed by atoms with Crippen LogP contribution in [0, 0.1) is 5.82 Å². The quantitative estimate of drug-likeness (QED) is 0.921. The molecule has 0 aliphatic rings. The van der Waals surface area contributed by atoms with Crippen molar-refractivity contribution in [3.63, 3.8) is 0 Å². The van der Waals surface area contributed by atoms with Gasteiger partial charge in [0.25, 0.3) is 5.91 Å². The number of anilines is 2. The van der Waals surface area contributed by atoms with Gasteiger partial charge in [-0.3, -0.25) is 4.79 Å². The van der Waals surface area contributed by atoms with Gasteiger partial charge in [0.1, 0.15) is 5.82 Å². The van der Waals surface area contributed by atoms with Crippen LogP contribution in [0.1, 0.15) is 10.4 Å². The van der Waals surface area contributed by atoms with Crippen LogP contribution in [0.3, 0.4) is 0 Å². The molecule has 3 nitrogen and oxygen atoms in total. The summed E-state index contributed by atoms with van der Waals surface area (Å²) in [6, 6.07) is 11.4. The van der Waals surface area contributed by atoms with Gasteiger partial charge in [-0.15, -0.1) is 0 Å². The van der Waals surface area contributed by atoms with E-state index >= 15 is 0 Å². The third kappa shape index (κ3) is 3.36. The summed E-state index contributed by atoms with van der Waals surface area (Å²) >= 11 is 3.22. The Bertz CT molecular complexity index is 644. The van der Waals surface area contributed by atoms with Gasteiger partial charge in [0.15, 0.2) is 0 Å². The van der Waals surface area contributed by atoms with E-state index in [9.17, 15) is 9.18 Å². The summed E-state index contributed by atoms with van der Waals surface area (Å²) in [6.07, 6.45) is 0. The van der Waals surface area contributed by atoms with Crippen LogP contribution in [0.15, 0.2) is 46.9 Å². The Labute approximate surface area is 125 Å². The number of nitrogens with zero attached hydrogens (tertiary/aromatic N) is 1. The summed E-state index contributed by atoms with van der Waals surface area (Å²) in [7, 11) is 3.82. The smallest absolute Gasteiger partial charge is 0.255 e. The van der Waals surface area contributed by atoms with Gasteiger partial charge in [-0.2, -0.15) is 0 Å². The van der Waals surface area contributed by atoms with Gasteiger partial charge >= 0.3 is 0 Å². The molecule has 0 aliphatic carbocycles. The SMILES string of the molecule is CN(C)c1cccc(C(=O)Nc2ccc(F)cc2Br)c1. The normalized spacial score (nSPS) is 10.2. The fourth-order valence-electron chi connectivity index (χ4n) is 1.71. The first-order chi connectivity index (χ1) is 9.47. The van der Waals surface area contributed by atoms with E-state index in [0.29, 0.717) is 15.7 Å². The number of nitrogens with one attached hydrogen (secondary N) is 1. The number of rotatable bonds is 3. The van der Waals surface area contributed by atoms with E-state index in [4.69, 9.17) is 0 Å². The van der Waals surface area contributed by atoms with E-state index in [1.54, 1.807) is 12.1 Å². The molecule has 0 atom stereocenters. The highest BCUT2D eigenvalue weighted by Gasteiger charge is 2.10. The topological polar surface area (TPSA) is 32.3 Å². The van der Waals surface area contributed by atoms with Crippen molar-refractivity contribution in [2.45, 2.75) is 0 Å². The monoisotopic (exact) mass is 336 g/mol. The average molecular weight is 337 g/mol. The molecule has 0 saturated carbocycles. The molecule has 0 heterocycles. The molecule has 104 valence electrons. The Morgan fingerprint density at radius 3 is 2.60 bits per heavy atom. The maximum atomic E-state index is 13.0. The van der Waals surface area contributed by atoms with Gasteiger partial charge in [-0.05, 0) is 52.3 Å². The molecule has 20 heavy (non-hydrogen) atoms. The van der Waals surface area contributed by atoms with Gasteiger partial charge in [0, 0.05) is 29.8 Å². The molecule has 0 radical (unpaired) electrons. The first-order valence-electron chi connectivity index (χ1n) is 6.01. The van der Waals surface area contributed by atoms with E-state index in [1.165, 1.54) is 18.2 Å². The lowest BCUT2D eigenvalue weighted by molar-refractivity contribution is 0.102. The van der Waals surface area contributed by atoms with Crippen molar-refractivity contribution in [1.82, 2.24) is 0 Å². The van der Waals surface area contributed by atoms with E-state index < -0.39 is 0 Å². The number of carbonyl (C=O) groups is 1. The summed E-state index contributed by atoms with van der Waals surface area (Å²) in [5.41, 5.74) is 2.02. The number of hydrogen-bond acceptors (Lipinski definition) is 2. The van der Waals surface area contributed by atoms with Crippen molar-refractivity contribution >= 4 is 33.2 Å². The van der Waals surface area contributed by atoms with Crippen molar-refractivity contribution < 1.29 is 9.18 Å². The maximum absolute atomic E-state index is 13.0. The van der Waals surface area contributed by atoms with Crippen LogP contribution in [0.4, 0.5) is 15.8 Å². The lowest BCUT2D eigenvalue weighted by Gasteiger charge is -2.13. The zero-order chi connectivity index (χ0) is 14.7. The van der Waals surface area contributed by atoms with Crippen LogP contribution in [-0.4, -0.2) is 20.0 Å². The minimum absolute atomic E-state index is 0.235. The first kappa shape index (κ1) is 14.5. The van der Waals surface area contributed by atoms with E-state index in [-0.39, 0.29) is 11.7 Å². The van der Waals surface area contributed by atoms with E-state index in [0.717, 1.165) is 5.69 Å². The molecule has 2 rings (SSSR count). The number of amides is 1. The maximum Gasteiger partial charge on any atom is 0.255 e. The van der Waals surface area contributed by atoms with Crippen molar-refractivity contribution in [2.24, 2.45) is 0 Å². The summed E-state index contributed by atoms with van der Waals surface area (Å²) in [5, 5.41) is 2.75. The van der Waals surface area contributed by atoms with Crippen molar-refractivity contribution in [2.75, 3.05) is 24.3 Å². The second-order valence-electron chi connectivity index (χ2n) is 4.52. The summed E-state index contributed by atoms with van der Waals surface area (Å²) in [5.74, 6) is -0.592. The summed E-state index contributed by atoms with van der Waals surface area (Å²) < 4.78 is 13.5. The molecule has 2 aromatic carbocycles. The molecule has 1 N–H and O–H groups in total. The van der Waals surface area contributed by atoms with Crippen molar-refractivity contribution in [1.29, 1.82) is 0 Å². The average Bonchev–Trinajstić information content (AvgIpc) is 2.42. The molecule has 1 amide bonds. The molecule has 0 saturated heterocycles. The van der Waals surface area contributed by atoms with Crippen molar-refractivity contribution in [3.8, 4) is 0 Å². The highest BCUT2D eigenvalue weighted by molar-refractivity contribution is 9.10. The van der Waals surface area contributed by atoms with Crippen LogP contribution in [-0.2, 0) is 0 Å². The van der Waals surface area contributed by atoms with Crippen LogP contribution in [0.2, 0.25) is 0 Å². The van der Waals surface area contributed by atoms with E-state index in [2.05, 4.69) is 21.2 Å². The summed E-state index contributed by atoms with van der Waals surface area (Å²) in [4.78, 5) is 14.1. The van der Waals surface area contributed by atoms with Gasteiger partial charge in [0.05, 0.1) is 5.69 Å². The third-order valence-electron chi connectivity index (χ3n) is 2.80. The number of benzene rings is 2. The van der Waals surface area contributed by atoms with Crippen LogP contribution < -0.4 is 10.2 Å². The van der Waals surface area contributed by atoms with Crippen molar-refractivity contribution in [3.05, 3.63) is 58.3 Å². The zero-order valence-corrected chi connectivity index (χ0v) is 12.7. The van der Waals surface area contributed by atoms with Crippen LogP contribution in [0.5, 0.6) is 0 Å². The minimum Gasteiger partial charge on any atom is -0.378 e.